The highest BCUT2D eigenvalue weighted by Gasteiger charge is 2.16. The van der Waals surface area contributed by atoms with Gasteiger partial charge in [0.25, 0.3) is 0 Å². The molecule has 0 radical (unpaired) electrons. The molecule has 5 heterocycles. The van der Waals surface area contributed by atoms with Gasteiger partial charge in [0.1, 0.15) is 29.6 Å². The Labute approximate surface area is 217 Å². The lowest BCUT2D eigenvalue weighted by molar-refractivity contribution is 0.261. The van der Waals surface area contributed by atoms with E-state index >= 15 is 0 Å². The number of aromatic nitrogens is 6. The van der Waals surface area contributed by atoms with Crippen molar-refractivity contribution in [2.45, 2.75) is 0 Å². The van der Waals surface area contributed by atoms with E-state index in [1.807, 2.05) is 32.3 Å². The molecule has 0 aliphatic carbocycles. The average Bonchev–Trinajstić information content (AvgIpc) is 3.51. The maximum absolute atomic E-state index is 14.0. The summed E-state index contributed by atoms with van der Waals surface area (Å²) in [5.74, 6) is 0.0376. The fourth-order valence-electron chi connectivity index (χ4n) is 4.41. The summed E-state index contributed by atoms with van der Waals surface area (Å²) in [5, 5.41) is 19.0. The van der Waals surface area contributed by atoms with Crippen molar-refractivity contribution in [3.63, 3.8) is 0 Å². The highest BCUT2D eigenvalue weighted by Crippen LogP contribution is 2.35. The third kappa shape index (κ3) is 4.53. The van der Waals surface area contributed by atoms with E-state index in [9.17, 15) is 9.50 Å². The van der Waals surface area contributed by atoms with Gasteiger partial charge in [-0.25, -0.2) is 14.4 Å². The second-order valence-corrected chi connectivity index (χ2v) is 9.26. The first kappa shape index (κ1) is 23.6. The van der Waals surface area contributed by atoms with Gasteiger partial charge in [-0.2, -0.15) is 5.10 Å². The van der Waals surface area contributed by atoms with Crippen molar-refractivity contribution >= 4 is 22.1 Å². The van der Waals surface area contributed by atoms with Crippen LogP contribution in [-0.4, -0.2) is 67.4 Å². The zero-order valence-electron chi connectivity index (χ0n) is 20.7. The number of fused-ring (bicyclic) bond motifs is 2. The molecule has 5 aromatic heterocycles. The molecule has 0 spiro atoms. The van der Waals surface area contributed by atoms with Crippen LogP contribution in [-0.2, 0) is 0 Å². The molecule has 0 amide bonds. The molecule has 6 rings (SSSR count). The SMILES string of the molecule is CN(C)CCOc1cncc(-c2cnc3n[nH]c(-c4cc5c(-c6cc(O)cc(F)c6)ccnc5[nH]4)c3c2)c1. The lowest BCUT2D eigenvalue weighted by atomic mass is 10.0. The molecule has 1 aromatic carbocycles. The van der Waals surface area contributed by atoms with Gasteiger partial charge in [-0.3, -0.25) is 10.1 Å². The average molecular weight is 510 g/mol. The summed E-state index contributed by atoms with van der Waals surface area (Å²) >= 11 is 0. The monoisotopic (exact) mass is 509 g/mol. The number of hydrogen-bond donors (Lipinski definition) is 3. The van der Waals surface area contributed by atoms with Gasteiger partial charge in [0.2, 0.25) is 0 Å². The van der Waals surface area contributed by atoms with Gasteiger partial charge in [0, 0.05) is 53.1 Å². The van der Waals surface area contributed by atoms with Crippen LogP contribution in [0.25, 0.3) is 55.7 Å². The van der Waals surface area contributed by atoms with Crippen LogP contribution >= 0.6 is 0 Å². The number of hydrogen-bond acceptors (Lipinski definition) is 7. The highest BCUT2D eigenvalue weighted by molar-refractivity contribution is 5.99. The normalized spacial score (nSPS) is 11.6. The number of nitrogens with zero attached hydrogens (tertiary/aromatic N) is 5. The maximum atomic E-state index is 14.0. The Balaban J connectivity index is 1.38. The predicted octanol–water partition coefficient (Wildman–Crippen LogP) is 5.02. The molecule has 0 saturated heterocycles. The maximum Gasteiger partial charge on any atom is 0.181 e. The molecule has 0 unspecified atom stereocenters. The van der Waals surface area contributed by atoms with Crippen LogP contribution in [0.4, 0.5) is 4.39 Å². The van der Waals surface area contributed by atoms with Crippen LogP contribution in [0.15, 0.2) is 67.3 Å². The quantitative estimate of drug-likeness (QED) is 0.277. The molecule has 0 fully saturated rings. The van der Waals surface area contributed by atoms with Crippen LogP contribution in [0.3, 0.4) is 0 Å². The fourth-order valence-corrected chi connectivity index (χ4v) is 4.41. The lowest BCUT2D eigenvalue weighted by Gasteiger charge is -2.11. The van der Waals surface area contributed by atoms with E-state index in [0.29, 0.717) is 29.2 Å². The summed E-state index contributed by atoms with van der Waals surface area (Å²) in [6.45, 7) is 1.37. The number of rotatable bonds is 7. The fraction of sp³-hybridized carbons (Fsp3) is 0.143. The molecule has 6 aromatic rings. The largest absolute Gasteiger partial charge is 0.508 e. The van der Waals surface area contributed by atoms with Gasteiger partial charge in [-0.15, -0.1) is 0 Å². The predicted molar refractivity (Wildman–Crippen MR) is 143 cm³/mol. The van der Waals surface area contributed by atoms with E-state index in [1.165, 1.54) is 12.1 Å². The molecular formula is C28H24FN7O2. The van der Waals surface area contributed by atoms with Gasteiger partial charge in [-0.05, 0) is 61.6 Å². The third-order valence-corrected chi connectivity index (χ3v) is 6.26. The second kappa shape index (κ2) is 9.56. The molecule has 3 N–H and O–H groups in total. The number of phenols is 1. The Hall–Kier alpha value is -4.83. The third-order valence-electron chi connectivity index (χ3n) is 6.26. The van der Waals surface area contributed by atoms with Gasteiger partial charge in [0.05, 0.1) is 17.6 Å². The first-order chi connectivity index (χ1) is 18.4. The minimum Gasteiger partial charge on any atom is -0.508 e. The molecule has 0 bridgehead atoms. The summed E-state index contributed by atoms with van der Waals surface area (Å²) in [4.78, 5) is 18.7. The summed E-state index contributed by atoms with van der Waals surface area (Å²) in [6.07, 6.45) is 6.87. The van der Waals surface area contributed by atoms with Gasteiger partial charge in [-0.1, -0.05) is 0 Å². The molecule has 0 aliphatic heterocycles. The van der Waals surface area contributed by atoms with Gasteiger partial charge >= 0.3 is 0 Å². The van der Waals surface area contributed by atoms with Crippen LogP contribution in [0, 0.1) is 5.82 Å². The number of aromatic hydroxyl groups is 1. The number of nitrogens with one attached hydrogen (secondary N) is 2. The second-order valence-electron chi connectivity index (χ2n) is 9.26. The number of ether oxygens (including phenoxy) is 1. The van der Waals surface area contributed by atoms with Crippen LogP contribution in [0.1, 0.15) is 0 Å². The first-order valence-electron chi connectivity index (χ1n) is 12.0. The Morgan fingerprint density at radius 2 is 1.82 bits per heavy atom. The topological polar surface area (TPSA) is 116 Å². The van der Waals surface area contributed by atoms with Crippen LogP contribution < -0.4 is 4.74 Å². The van der Waals surface area contributed by atoms with Crippen molar-refractivity contribution in [1.29, 1.82) is 0 Å². The van der Waals surface area contributed by atoms with Crippen LogP contribution in [0.2, 0.25) is 0 Å². The van der Waals surface area contributed by atoms with E-state index in [0.717, 1.165) is 51.5 Å². The van der Waals surface area contributed by atoms with Crippen molar-refractivity contribution in [2.75, 3.05) is 27.2 Å². The molecule has 190 valence electrons. The number of H-pyrrole nitrogens is 2. The number of aromatic amines is 2. The Bertz CT molecular complexity index is 1760. The van der Waals surface area contributed by atoms with Crippen molar-refractivity contribution in [2.24, 2.45) is 0 Å². The van der Waals surface area contributed by atoms with Gasteiger partial charge < -0.3 is 19.7 Å². The molecule has 10 heteroatoms. The van der Waals surface area contributed by atoms with Crippen molar-refractivity contribution in [1.82, 2.24) is 35.0 Å². The smallest absolute Gasteiger partial charge is 0.181 e. The number of benzene rings is 1. The minimum atomic E-state index is -0.513. The zero-order chi connectivity index (χ0) is 26.2. The van der Waals surface area contributed by atoms with Crippen LogP contribution in [0.5, 0.6) is 11.5 Å². The minimum absolute atomic E-state index is 0.138. The van der Waals surface area contributed by atoms with E-state index in [1.54, 1.807) is 30.9 Å². The van der Waals surface area contributed by atoms with Crippen molar-refractivity contribution in [3.8, 4) is 45.1 Å². The van der Waals surface area contributed by atoms with E-state index in [-0.39, 0.29) is 5.75 Å². The Morgan fingerprint density at radius 1 is 0.947 bits per heavy atom. The number of likely N-dealkylation sites (N-methyl/N-ethyl adjacent to an activating group) is 1. The molecular weight excluding hydrogens is 485 g/mol. The standard InChI is InChI=1S/C28H24FN7O2/c1-36(2)5-6-38-21-9-17(13-30-15-21)18-10-24-26(34-35-28(24)32-14-18)25-12-23-22(3-4-31-27(23)33-25)16-7-19(29)11-20(37)8-16/h3-4,7-15,37H,5-6H2,1-2H3,(H,31,33)(H,32,34,35). The lowest BCUT2D eigenvalue weighted by Crippen LogP contribution is -2.19. The van der Waals surface area contributed by atoms with E-state index in [2.05, 4.69) is 35.0 Å². The van der Waals surface area contributed by atoms with E-state index < -0.39 is 5.82 Å². The van der Waals surface area contributed by atoms with Gasteiger partial charge in [0.15, 0.2) is 5.65 Å². The molecule has 0 aliphatic rings. The number of phenolic OH excluding ortho intramolecular Hbond substituents is 1. The summed E-state index contributed by atoms with van der Waals surface area (Å²) in [6, 6.07) is 11.7. The number of halogens is 1. The van der Waals surface area contributed by atoms with Crippen molar-refractivity contribution < 1.29 is 14.2 Å². The summed E-state index contributed by atoms with van der Waals surface area (Å²) in [5.41, 5.74) is 5.73. The van der Waals surface area contributed by atoms with E-state index in [4.69, 9.17) is 4.74 Å². The Morgan fingerprint density at radius 3 is 2.66 bits per heavy atom. The summed E-state index contributed by atoms with van der Waals surface area (Å²) in [7, 11) is 4.00. The zero-order valence-corrected chi connectivity index (χ0v) is 20.7. The van der Waals surface area contributed by atoms with Crippen molar-refractivity contribution in [3.05, 3.63) is 73.1 Å². The summed E-state index contributed by atoms with van der Waals surface area (Å²) < 4.78 is 19.8. The molecule has 38 heavy (non-hydrogen) atoms. The number of pyridine rings is 3. The molecule has 0 saturated carbocycles. The Kier molecular flexibility index (Phi) is 5.93. The first-order valence-corrected chi connectivity index (χ1v) is 12.0. The highest BCUT2D eigenvalue weighted by atomic mass is 19.1. The molecule has 9 nitrogen and oxygen atoms in total. The molecule has 0 atom stereocenters.